The molecule has 0 radical (unpaired) electrons. The fourth-order valence-corrected chi connectivity index (χ4v) is 8.75. The van der Waals surface area contributed by atoms with Gasteiger partial charge in [0, 0.05) is 44.0 Å². The molecule has 0 fully saturated rings. The molecule has 0 N–H and O–H groups in total. The van der Waals surface area contributed by atoms with E-state index in [1.807, 2.05) is 0 Å². The molecule has 55 heavy (non-hydrogen) atoms. The molecule has 0 aliphatic rings. The normalized spacial score (nSPS) is 11.6. The van der Waals surface area contributed by atoms with E-state index < -0.39 is 0 Å². The Morgan fingerprint density at radius 2 is 0.836 bits per heavy atom. The quantitative estimate of drug-likeness (QED) is 0.168. The van der Waals surface area contributed by atoms with Gasteiger partial charge in [-0.3, -0.25) is 0 Å². The lowest BCUT2D eigenvalue weighted by Crippen LogP contribution is -2.11. The van der Waals surface area contributed by atoms with Gasteiger partial charge in [-0.25, -0.2) is 0 Å². The largest absolute Gasteiger partial charge is 0.309 e. The maximum Gasteiger partial charge on any atom is 0.0562 e. The molecule has 9 aromatic carbocycles. The zero-order valence-electron chi connectivity index (χ0n) is 30.0. The Kier molecular flexibility index (Phi) is 7.17. The number of nitrogens with zero attached hydrogens (tertiary/aromatic N) is 3. The van der Waals surface area contributed by atoms with Crippen molar-refractivity contribution in [2.24, 2.45) is 0 Å². The predicted molar refractivity (Wildman–Crippen MR) is 233 cm³/mol. The van der Waals surface area contributed by atoms with E-state index in [1.165, 1.54) is 65.5 Å². The van der Waals surface area contributed by atoms with Crippen molar-refractivity contribution in [1.29, 1.82) is 0 Å². The summed E-state index contributed by atoms with van der Waals surface area (Å²) in [5.41, 5.74) is 12.8. The minimum Gasteiger partial charge on any atom is -0.309 e. The minimum atomic E-state index is 1.09. The molecule has 0 saturated heterocycles. The third kappa shape index (κ3) is 4.91. The molecule has 0 amide bonds. The van der Waals surface area contributed by atoms with Crippen LogP contribution in [0.1, 0.15) is 0 Å². The monoisotopic (exact) mass is 701 g/mol. The number of fused-ring (bicyclic) bond motifs is 7. The first-order valence-corrected chi connectivity index (χ1v) is 18.9. The number of rotatable bonds is 6. The zero-order chi connectivity index (χ0) is 36.3. The van der Waals surface area contributed by atoms with Crippen LogP contribution < -0.4 is 4.90 Å². The molecule has 3 nitrogen and oxygen atoms in total. The summed E-state index contributed by atoms with van der Waals surface area (Å²) >= 11 is 0. The number of hydrogen-bond acceptors (Lipinski definition) is 1. The highest BCUT2D eigenvalue weighted by Gasteiger charge is 2.24. The van der Waals surface area contributed by atoms with Gasteiger partial charge in [0.1, 0.15) is 0 Å². The van der Waals surface area contributed by atoms with Gasteiger partial charge in [-0.15, -0.1) is 0 Å². The van der Waals surface area contributed by atoms with Crippen molar-refractivity contribution in [2.45, 2.75) is 0 Å². The highest BCUT2D eigenvalue weighted by atomic mass is 15.2. The molecule has 2 aromatic heterocycles. The Balaban J connectivity index is 1.26. The average molecular weight is 702 g/mol. The summed E-state index contributed by atoms with van der Waals surface area (Å²) in [5, 5.41) is 7.30. The van der Waals surface area contributed by atoms with Gasteiger partial charge in [-0.2, -0.15) is 0 Å². The van der Waals surface area contributed by atoms with E-state index in [-0.39, 0.29) is 0 Å². The second kappa shape index (κ2) is 12.6. The summed E-state index contributed by atoms with van der Waals surface area (Å²) in [5.74, 6) is 0. The van der Waals surface area contributed by atoms with Crippen molar-refractivity contribution in [3.05, 3.63) is 212 Å². The third-order valence-electron chi connectivity index (χ3n) is 11.1. The first-order chi connectivity index (χ1) is 27.3. The van der Waals surface area contributed by atoms with E-state index in [2.05, 4.69) is 226 Å². The Morgan fingerprint density at radius 3 is 1.55 bits per heavy atom. The molecule has 0 aliphatic heterocycles. The van der Waals surface area contributed by atoms with E-state index in [0.29, 0.717) is 0 Å². The summed E-state index contributed by atoms with van der Waals surface area (Å²) in [6.45, 7) is 0. The molecule has 0 unspecified atom stereocenters. The van der Waals surface area contributed by atoms with Crippen LogP contribution in [-0.2, 0) is 0 Å². The lowest BCUT2D eigenvalue weighted by molar-refractivity contribution is 1.18. The van der Waals surface area contributed by atoms with Gasteiger partial charge in [0.05, 0.1) is 33.4 Å². The molecule has 3 heteroatoms. The first kappa shape index (κ1) is 31.2. The molecule has 11 aromatic rings. The van der Waals surface area contributed by atoms with Crippen molar-refractivity contribution >= 4 is 71.4 Å². The van der Waals surface area contributed by atoms with Gasteiger partial charge >= 0.3 is 0 Å². The summed E-state index contributed by atoms with van der Waals surface area (Å²) in [4.78, 5) is 2.49. The Bertz CT molecular complexity index is 3190. The molecule has 0 aliphatic carbocycles. The Hall–Kier alpha value is -7.36. The topological polar surface area (TPSA) is 13.1 Å². The van der Waals surface area contributed by atoms with Crippen LogP contribution in [-0.4, -0.2) is 9.13 Å². The van der Waals surface area contributed by atoms with E-state index in [9.17, 15) is 0 Å². The summed E-state index contributed by atoms with van der Waals surface area (Å²) in [6, 6.07) is 77.0. The molecule has 0 spiro atoms. The summed E-state index contributed by atoms with van der Waals surface area (Å²) < 4.78 is 4.81. The van der Waals surface area contributed by atoms with Crippen molar-refractivity contribution in [3.8, 4) is 22.5 Å². The average Bonchev–Trinajstić information content (AvgIpc) is 3.78. The van der Waals surface area contributed by atoms with E-state index in [0.717, 1.165) is 28.4 Å². The van der Waals surface area contributed by atoms with Gasteiger partial charge < -0.3 is 14.0 Å². The van der Waals surface area contributed by atoms with Gasteiger partial charge in [-0.1, -0.05) is 146 Å². The van der Waals surface area contributed by atoms with E-state index in [1.54, 1.807) is 0 Å². The molecular formula is C52H35N3. The molecule has 0 saturated carbocycles. The van der Waals surface area contributed by atoms with Gasteiger partial charge in [-0.05, 0) is 83.2 Å². The van der Waals surface area contributed by atoms with E-state index >= 15 is 0 Å². The number of aromatic nitrogens is 2. The van der Waals surface area contributed by atoms with Gasteiger partial charge in [0.25, 0.3) is 0 Å². The lowest BCUT2D eigenvalue weighted by atomic mass is 9.96. The predicted octanol–water partition coefficient (Wildman–Crippen LogP) is 14.2. The van der Waals surface area contributed by atoms with Crippen LogP contribution in [0, 0.1) is 0 Å². The first-order valence-electron chi connectivity index (χ1n) is 18.9. The van der Waals surface area contributed by atoms with E-state index in [4.69, 9.17) is 0 Å². The fourth-order valence-electron chi connectivity index (χ4n) is 8.75. The fraction of sp³-hybridized carbons (Fsp3) is 0. The van der Waals surface area contributed by atoms with Crippen molar-refractivity contribution in [2.75, 3.05) is 4.90 Å². The Morgan fingerprint density at radius 1 is 0.309 bits per heavy atom. The maximum atomic E-state index is 2.49. The van der Waals surface area contributed by atoms with Gasteiger partial charge in [0.15, 0.2) is 0 Å². The van der Waals surface area contributed by atoms with Crippen LogP contribution in [0.4, 0.5) is 17.1 Å². The minimum absolute atomic E-state index is 1.09. The highest BCUT2D eigenvalue weighted by molar-refractivity contribution is 6.18. The lowest BCUT2D eigenvalue weighted by Gasteiger charge is -2.28. The van der Waals surface area contributed by atoms with Crippen molar-refractivity contribution in [1.82, 2.24) is 9.13 Å². The number of benzene rings is 9. The summed E-state index contributed by atoms with van der Waals surface area (Å²) in [6.07, 6.45) is 0. The summed E-state index contributed by atoms with van der Waals surface area (Å²) in [7, 11) is 0. The number of para-hydroxylation sites is 4. The highest BCUT2D eigenvalue weighted by Crippen LogP contribution is 2.48. The molecule has 0 atom stereocenters. The van der Waals surface area contributed by atoms with Crippen molar-refractivity contribution < 1.29 is 0 Å². The molecule has 0 bridgehead atoms. The van der Waals surface area contributed by atoms with Crippen LogP contribution in [0.3, 0.4) is 0 Å². The SMILES string of the molecule is c1ccc(-c2ccc(N(c3ccc4c5ccccc5n(-c5ccccc5)c4c3)c3cccc4c3c3ccccc3n4-c3ccccc3)c3ccccc23)cc1. The van der Waals surface area contributed by atoms with Crippen LogP contribution in [0.15, 0.2) is 212 Å². The molecule has 11 rings (SSSR count). The van der Waals surface area contributed by atoms with Crippen LogP contribution in [0.5, 0.6) is 0 Å². The molecule has 2 heterocycles. The van der Waals surface area contributed by atoms with Crippen LogP contribution in [0.2, 0.25) is 0 Å². The third-order valence-corrected chi connectivity index (χ3v) is 11.1. The standard InChI is InChI=1S/C52H35N3/c1-4-17-36(18-5-1)40-33-34-48(42-24-11-10-23-41(40)42)55(39-31-32-44-43-25-12-14-27-46(43)54(51(44)35-39)38-21-8-3-9-22-38)50-30-16-29-49-52(50)45-26-13-15-28-47(45)53(49)37-19-6-2-7-20-37/h1-35H. The van der Waals surface area contributed by atoms with Crippen LogP contribution in [0.25, 0.3) is 76.9 Å². The molecule has 258 valence electrons. The Labute approximate surface area is 319 Å². The zero-order valence-corrected chi connectivity index (χ0v) is 30.0. The smallest absolute Gasteiger partial charge is 0.0562 e. The second-order valence-electron chi connectivity index (χ2n) is 14.1. The maximum absolute atomic E-state index is 2.49. The van der Waals surface area contributed by atoms with Crippen LogP contribution >= 0.6 is 0 Å². The van der Waals surface area contributed by atoms with Crippen molar-refractivity contribution in [3.63, 3.8) is 0 Å². The second-order valence-corrected chi connectivity index (χ2v) is 14.1. The number of anilines is 3. The molecular weight excluding hydrogens is 667 g/mol. The number of hydrogen-bond donors (Lipinski definition) is 0. The van der Waals surface area contributed by atoms with Gasteiger partial charge in [0.2, 0.25) is 0 Å².